The van der Waals surface area contributed by atoms with Crippen LogP contribution in [-0.2, 0) is 43.6 Å². The van der Waals surface area contributed by atoms with E-state index < -0.39 is 30.3 Å². The largest absolute Gasteiger partial charge is 0.478 e. The number of rotatable bonds is 13. The van der Waals surface area contributed by atoms with Crippen molar-refractivity contribution in [3.63, 3.8) is 0 Å². The van der Waals surface area contributed by atoms with Crippen molar-refractivity contribution in [1.29, 1.82) is 0 Å². The van der Waals surface area contributed by atoms with Crippen LogP contribution in [-0.4, -0.2) is 56.9 Å². The van der Waals surface area contributed by atoms with Gasteiger partial charge in [0.2, 0.25) is 5.91 Å². The molecule has 11 nitrogen and oxygen atoms in total. The number of hydrogen-bond acceptors (Lipinski definition) is 9. The number of amides is 3. The average Bonchev–Trinajstić information content (AvgIpc) is 3.50. The van der Waals surface area contributed by atoms with Gasteiger partial charge in [-0.3, -0.25) is 14.5 Å². The van der Waals surface area contributed by atoms with Crippen molar-refractivity contribution < 1.29 is 43.6 Å². The quantitative estimate of drug-likeness (QED) is 0.0801. The Hall–Kier alpha value is -5.79. The van der Waals surface area contributed by atoms with Crippen molar-refractivity contribution in [2.45, 2.75) is 62.5 Å². The number of ether oxygens (including phenoxy) is 3. The van der Waals surface area contributed by atoms with E-state index in [-0.39, 0.29) is 55.8 Å². The van der Waals surface area contributed by atoms with Crippen LogP contribution in [0.5, 0.6) is 0 Å². The summed E-state index contributed by atoms with van der Waals surface area (Å²) in [4.78, 5) is 52.2. The number of carbonyl (C=O) groups is 4. The number of carbonyl (C=O) groups excluding carboxylic acids is 3. The fourth-order valence-electron chi connectivity index (χ4n) is 6.98. The predicted octanol–water partition coefficient (Wildman–Crippen LogP) is 7.68. The van der Waals surface area contributed by atoms with Crippen molar-refractivity contribution in [3.8, 4) is 11.1 Å². The molecule has 292 valence electrons. The highest BCUT2D eigenvalue weighted by Gasteiger charge is 2.40. The number of benzene rings is 5. The number of nitrogens with zero attached hydrogens (tertiary/aromatic N) is 1. The van der Waals surface area contributed by atoms with Crippen LogP contribution in [0.2, 0.25) is 0 Å². The van der Waals surface area contributed by atoms with E-state index in [9.17, 15) is 29.4 Å². The van der Waals surface area contributed by atoms with E-state index in [1.54, 1.807) is 18.2 Å². The van der Waals surface area contributed by atoms with Crippen molar-refractivity contribution in [1.82, 2.24) is 10.2 Å². The molecule has 0 bridgehead atoms. The molecule has 2 saturated heterocycles. The van der Waals surface area contributed by atoms with Crippen LogP contribution in [0, 0.1) is 5.92 Å². The second-order valence-electron chi connectivity index (χ2n) is 14.0. The van der Waals surface area contributed by atoms with Gasteiger partial charge in [0, 0.05) is 22.1 Å². The second-order valence-corrected chi connectivity index (χ2v) is 15.1. The molecule has 3 amide bonds. The van der Waals surface area contributed by atoms with Gasteiger partial charge in [0.25, 0.3) is 5.91 Å². The summed E-state index contributed by atoms with van der Waals surface area (Å²) in [5.41, 5.74) is 6.12. The molecule has 5 aromatic rings. The zero-order valence-corrected chi connectivity index (χ0v) is 32.0. The molecule has 5 aromatic carbocycles. The maximum atomic E-state index is 13.2. The Kier molecular flexibility index (Phi) is 12.4. The maximum Gasteiger partial charge on any atom is 0.408 e. The Labute approximate surface area is 334 Å². The molecular weight excluding hydrogens is 745 g/mol. The number of hydrogen-bond donors (Lipinski definition) is 3. The first kappa shape index (κ1) is 39.4. The van der Waals surface area contributed by atoms with Crippen molar-refractivity contribution in [2.24, 2.45) is 5.92 Å². The van der Waals surface area contributed by atoms with Gasteiger partial charge in [0.15, 0.2) is 6.29 Å². The van der Waals surface area contributed by atoms with Gasteiger partial charge in [-0.1, -0.05) is 116 Å². The van der Waals surface area contributed by atoms with Crippen LogP contribution in [0.25, 0.3) is 11.1 Å². The van der Waals surface area contributed by atoms with E-state index in [2.05, 4.69) is 12.2 Å². The lowest BCUT2D eigenvalue weighted by Crippen LogP contribution is -2.41. The van der Waals surface area contributed by atoms with Crippen molar-refractivity contribution in [2.75, 3.05) is 5.75 Å². The van der Waals surface area contributed by atoms with Gasteiger partial charge in [-0.2, -0.15) is 0 Å². The first-order valence-electron chi connectivity index (χ1n) is 18.6. The minimum absolute atomic E-state index is 0.0469. The number of carboxylic acids is 1. The number of aliphatic hydroxyl groups excluding tert-OH is 1. The molecule has 2 aliphatic heterocycles. The summed E-state index contributed by atoms with van der Waals surface area (Å²) in [5.74, 6) is -1.43. The normalized spacial score (nSPS) is 20.7. The van der Waals surface area contributed by atoms with Gasteiger partial charge < -0.3 is 29.7 Å². The summed E-state index contributed by atoms with van der Waals surface area (Å²) in [6, 6.07) is 38.2. The van der Waals surface area contributed by atoms with Crippen LogP contribution >= 0.6 is 11.8 Å². The average molecular weight is 787 g/mol. The summed E-state index contributed by atoms with van der Waals surface area (Å²) < 4.78 is 18.5. The molecule has 1 unspecified atom stereocenters. The predicted molar refractivity (Wildman–Crippen MR) is 213 cm³/mol. The highest BCUT2D eigenvalue weighted by atomic mass is 32.2. The zero-order valence-electron chi connectivity index (χ0n) is 31.2. The third-order valence-corrected chi connectivity index (χ3v) is 11.3. The number of alkyl carbamates (subject to hydrolysis) is 1. The van der Waals surface area contributed by atoms with Crippen LogP contribution in [0.3, 0.4) is 0 Å². The van der Waals surface area contributed by atoms with E-state index in [0.717, 1.165) is 43.8 Å². The lowest BCUT2D eigenvalue weighted by molar-refractivity contribution is -0.268. The number of thioether (sulfide) groups is 1. The number of nitrogens with one attached hydrogen (secondary N) is 1. The second kappa shape index (κ2) is 18.0. The fraction of sp³-hybridized carbons (Fsp3) is 0.244. The molecular formula is C45H42N2O9S. The molecule has 12 heteroatoms. The lowest BCUT2D eigenvalue weighted by atomic mass is 9.91. The zero-order chi connectivity index (χ0) is 39.9. The van der Waals surface area contributed by atoms with E-state index in [4.69, 9.17) is 14.2 Å². The third kappa shape index (κ3) is 9.44. The molecule has 0 aliphatic carbocycles. The highest BCUT2D eigenvalue weighted by molar-refractivity contribution is 7.99. The smallest absolute Gasteiger partial charge is 0.408 e. The van der Waals surface area contributed by atoms with Crippen molar-refractivity contribution in [3.05, 3.63) is 161 Å². The Balaban J connectivity index is 1.03. The lowest BCUT2D eigenvalue weighted by Gasteiger charge is -2.41. The van der Waals surface area contributed by atoms with Crippen LogP contribution in [0.15, 0.2) is 132 Å². The van der Waals surface area contributed by atoms with E-state index in [0.29, 0.717) is 10.6 Å². The van der Waals surface area contributed by atoms with Gasteiger partial charge in [0.05, 0.1) is 37.3 Å². The number of carboxylic acid groups (broad SMARTS) is 1. The topological polar surface area (TPSA) is 152 Å². The molecule has 0 spiro atoms. The first-order valence-corrected chi connectivity index (χ1v) is 19.6. The Morgan fingerprint density at radius 1 is 0.807 bits per heavy atom. The fourth-order valence-corrected chi connectivity index (χ4v) is 8.20. The molecule has 5 atom stereocenters. The summed E-state index contributed by atoms with van der Waals surface area (Å²) in [7, 11) is 0. The molecule has 0 aromatic heterocycles. The Morgan fingerprint density at radius 2 is 1.51 bits per heavy atom. The van der Waals surface area contributed by atoms with Gasteiger partial charge in [-0.25, -0.2) is 9.59 Å². The van der Waals surface area contributed by atoms with E-state index in [1.165, 1.54) is 11.8 Å². The van der Waals surface area contributed by atoms with Crippen LogP contribution in [0.1, 0.15) is 63.9 Å². The summed E-state index contributed by atoms with van der Waals surface area (Å²) >= 11 is 1.44. The molecule has 0 saturated carbocycles. The number of imide groups is 1. The molecule has 2 fully saturated rings. The van der Waals surface area contributed by atoms with Gasteiger partial charge in [-0.15, -0.1) is 11.8 Å². The summed E-state index contributed by atoms with van der Waals surface area (Å²) in [6.07, 6.45) is -2.25. The standard InChI is InChI=1S/C45H42N2O9S/c1-28-38(27-57-39-13-6-5-12-36(39)43(51)52)55-44(56-41(28)33-16-14-29(25-48)15-17-33)34-20-18-32(19-21-34)35-11-7-10-31(22-35)24-47-40(49)23-37(42(47)50)46-45(53)54-26-30-8-3-2-4-9-30/h2-22,28,37-38,41,44,48H,23-27H2,1H3,(H,46,53)(H,51,52)/t28-,37?,38+,41+,44+/m1/s1. The molecule has 2 heterocycles. The number of likely N-dealkylation sites (tertiary alicyclic amines) is 1. The molecule has 0 radical (unpaired) electrons. The number of aliphatic hydroxyl groups is 1. The summed E-state index contributed by atoms with van der Waals surface area (Å²) in [6.45, 7) is 2.10. The Morgan fingerprint density at radius 3 is 2.25 bits per heavy atom. The third-order valence-electron chi connectivity index (χ3n) is 10.2. The minimum Gasteiger partial charge on any atom is -0.478 e. The minimum atomic E-state index is -0.998. The molecule has 57 heavy (non-hydrogen) atoms. The Bertz CT molecular complexity index is 2210. The van der Waals surface area contributed by atoms with Crippen LogP contribution in [0.4, 0.5) is 4.79 Å². The van der Waals surface area contributed by atoms with Gasteiger partial charge in [-0.05, 0) is 51.6 Å². The van der Waals surface area contributed by atoms with Gasteiger partial charge >= 0.3 is 12.1 Å². The van der Waals surface area contributed by atoms with Crippen molar-refractivity contribution >= 4 is 35.6 Å². The molecule has 3 N–H and O–H groups in total. The maximum absolute atomic E-state index is 13.2. The first-order chi connectivity index (χ1) is 27.7. The van der Waals surface area contributed by atoms with Crippen LogP contribution < -0.4 is 5.32 Å². The monoisotopic (exact) mass is 786 g/mol. The summed E-state index contributed by atoms with van der Waals surface area (Å²) in [5, 5.41) is 21.9. The SMILES string of the molecule is C[C@@H]1[C@H](CSc2ccccc2C(=O)O)O[C@H](c2ccc(-c3cccc(CN4C(=O)CC(NC(=O)OCc5ccccc5)C4=O)c3)cc2)O[C@@H]1c1ccc(CO)cc1. The van der Waals surface area contributed by atoms with E-state index in [1.807, 2.05) is 109 Å². The molecule has 2 aliphatic rings. The molecule has 7 rings (SSSR count). The van der Waals surface area contributed by atoms with E-state index >= 15 is 0 Å². The number of aromatic carboxylic acids is 1. The van der Waals surface area contributed by atoms with Gasteiger partial charge in [0.1, 0.15) is 12.6 Å². The highest BCUT2D eigenvalue weighted by Crippen LogP contribution is 2.43.